The first kappa shape index (κ1) is 22.7. The molecule has 0 atom stereocenters. The summed E-state index contributed by atoms with van der Waals surface area (Å²) in [6.07, 6.45) is 2.30. The summed E-state index contributed by atoms with van der Waals surface area (Å²) in [7, 11) is -3.78. The number of nitrogens with zero attached hydrogens (tertiary/aromatic N) is 1. The maximum Gasteiger partial charge on any atom is 0.341 e. The number of carbonyl (C=O) groups is 2. The molecular weight excluding hydrogens is 448 g/mol. The standard InChI is InChI=1S/C20H23ClN2O5S2/c1-3-14-12-15(20(25)28-4-2)19(29-14)22-18(24)13-7-8-16(21)17(11-13)30(26,27)23-9-5-6-10-23/h7-8,11-12H,3-6,9-10H2,1-2H3,(H,22,24). The minimum atomic E-state index is -3.78. The van der Waals surface area contributed by atoms with Crippen LogP contribution in [0, 0.1) is 0 Å². The predicted molar refractivity (Wildman–Crippen MR) is 117 cm³/mol. The highest BCUT2D eigenvalue weighted by molar-refractivity contribution is 7.89. The summed E-state index contributed by atoms with van der Waals surface area (Å²) in [5.41, 5.74) is 0.421. The number of ether oxygens (including phenoxy) is 1. The van der Waals surface area contributed by atoms with Crippen LogP contribution in [-0.4, -0.2) is 44.3 Å². The summed E-state index contributed by atoms with van der Waals surface area (Å²) >= 11 is 7.44. The number of benzene rings is 1. The van der Waals surface area contributed by atoms with Crippen molar-refractivity contribution in [2.24, 2.45) is 0 Å². The molecule has 1 aromatic heterocycles. The highest BCUT2D eigenvalue weighted by atomic mass is 35.5. The van der Waals surface area contributed by atoms with Gasteiger partial charge in [-0.3, -0.25) is 4.79 Å². The highest BCUT2D eigenvalue weighted by Gasteiger charge is 2.30. The number of aryl methyl sites for hydroxylation is 1. The fraction of sp³-hybridized carbons (Fsp3) is 0.400. The van der Waals surface area contributed by atoms with Crippen molar-refractivity contribution in [1.82, 2.24) is 4.31 Å². The number of halogens is 1. The lowest BCUT2D eigenvalue weighted by molar-refractivity contribution is 0.0528. The van der Waals surface area contributed by atoms with Gasteiger partial charge < -0.3 is 10.1 Å². The molecule has 2 aromatic rings. The first-order valence-electron chi connectivity index (χ1n) is 9.68. The van der Waals surface area contributed by atoms with Gasteiger partial charge in [-0.2, -0.15) is 4.31 Å². The van der Waals surface area contributed by atoms with Gasteiger partial charge >= 0.3 is 5.97 Å². The predicted octanol–water partition coefficient (Wildman–Crippen LogP) is 4.18. The Labute approximate surface area is 185 Å². The third-order valence-electron chi connectivity index (χ3n) is 4.73. The molecule has 162 valence electrons. The maximum absolute atomic E-state index is 12.9. The van der Waals surface area contributed by atoms with Crippen LogP contribution in [0.5, 0.6) is 0 Å². The van der Waals surface area contributed by atoms with E-state index in [0.717, 1.165) is 17.7 Å². The molecule has 1 fully saturated rings. The van der Waals surface area contributed by atoms with E-state index in [-0.39, 0.29) is 27.7 Å². The van der Waals surface area contributed by atoms with Crippen LogP contribution >= 0.6 is 22.9 Å². The van der Waals surface area contributed by atoms with Crippen molar-refractivity contribution in [2.45, 2.75) is 38.0 Å². The lowest BCUT2D eigenvalue weighted by atomic mass is 10.2. The number of rotatable bonds is 7. The molecule has 1 amide bonds. The number of thiophene rings is 1. The quantitative estimate of drug-likeness (QED) is 0.613. The Bertz CT molecular complexity index is 1060. The summed E-state index contributed by atoms with van der Waals surface area (Å²) in [6.45, 7) is 4.75. The second-order valence-corrected chi connectivity index (χ2v) is 10.2. The van der Waals surface area contributed by atoms with E-state index in [1.165, 1.54) is 33.8 Å². The van der Waals surface area contributed by atoms with E-state index in [9.17, 15) is 18.0 Å². The Morgan fingerprint density at radius 2 is 1.90 bits per heavy atom. The Morgan fingerprint density at radius 3 is 2.53 bits per heavy atom. The first-order valence-corrected chi connectivity index (χ1v) is 12.3. The second kappa shape index (κ2) is 9.47. The van der Waals surface area contributed by atoms with Crippen molar-refractivity contribution in [3.05, 3.63) is 45.3 Å². The van der Waals surface area contributed by atoms with Crippen LogP contribution in [0.4, 0.5) is 5.00 Å². The lowest BCUT2D eigenvalue weighted by Gasteiger charge is -2.17. The minimum absolute atomic E-state index is 0.0649. The van der Waals surface area contributed by atoms with Gasteiger partial charge in [-0.25, -0.2) is 13.2 Å². The molecule has 1 aromatic carbocycles. The SMILES string of the molecule is CCOC(=O)c1cc(CC)sc1NC(=O)c1ccc(Cl)c(S(=O)(=O)N2CCCC2)c1. The van der Waals surface area contributed by atoms with Crippen LogP contribution < -0.4 is 5.32 Å². The van der Waals surface area contributed by atoms with Gasteiger partial charge in [0.25, 0.3) is 5.91 Å². The average Bonchev–Trinajstić information content (AvgIpc) is 3.38. The number of nitrogens with one attached hydrogen (secondary N) is 1. The van der Waals surface area contributed by atoms with Crippen molar-refractivity contribution >= 4 is 49.8 Å². The molecule has 0 spiro atoms. The third kappa shape index (κ3) is 4.69. The van der Waals surface area contributed by atoms with Crippen molar-refractivity contribution in [1.29, 1.82) is 0 Å². The summed E-state index contributed by atoms with van der Waals surface area (Å²) < 4.78 is 32.2. The summed E-state index contributed by atoms with van der Waals surface area (Å²) in [5.74, 6) is -1.04. The first-order chi connectivity index (χ1) is 14.3. The fourth-order valence-corrected chi connectivity index (χ4v) is 6.15. The van der Waals surface area contributed by atoms with E-state index in [2.05, 4.69) is 5.32 Å². The van der Waals surface area contributed by atoms with Crippen molar-refractivity contribution in [3.63, 3.8) is 0 Å². The molecular formula is C20H23ClN2O5S2. The highest BCUT2D eigenvalue weighted by Crippen LogP contribution is 2.31. The number of esters is 1. The van der Waals surface area contributed by atoms with Gasteiger partial charge in [0, 0.05) is 23.5 Å². The molecule has 0 radical (unpaired) electrons. The van der Waals surface area contributed by atoms with E-state index >= 15 is 0 Å². The second-order valence-electron chi connectivity index (χ2n) is 6.74. The molecule has 1 aliphatic heterocycles. The molecule has 2 heterocycles. The summed E-state index contributed by atoms with van der Waals surface area (Å²) in [5, 5.41) is 3.15. The fourth-order valence-electron chi connectivity index (χ4n) is 3.15. The number of amides is 1. The van der Waals surface area contributed by atoms with Gasteiger partial charge in [0.1, 0.15) is 9.90 Å². The molecule has 3 rings (SSSR count). The lowest BCUT2D eigenvalue weighted by Crippen LogP contribution is -2.28. The summed E-state index contributed by atoms with van der Waals surface area (Å²) in [6, 6.07) is 5.84. The van der Waals surface area contributed by atoms with Crippen LogP contribution in [0.2, 0.25) is 5.02 Å². The normalized spacial score (nSPS) is 14.6. The van der Waals surface area contributed by atoms with E-state index in [1.807, 2.05) is 6.92 Å². The zero-order valence-corrected chi connectivity index (χ0v) is 19.1. The zero-order chi connectivity index (χ0) is 21.9. The van der Waals surface area contributed by atoms with Crippen molar-refractivity contribution in [2.75, 3.05) is 25.0 Å². The summed E-state index contributed by atoms with van der Waals surface area (Å²) in [4.78, 5) is 25.9. The van der Waals surface area contributed by atoms with Crippen LogP contribution in [0.3, 0.4) is 0 Å². The van der Waals surface area contributed by atoms with Gasteiger partial charge in [0.2, 0.25) is 10.0 Å². The Morgan fingerprint density at radius 1 is 1.20 bits per heavy atom. The third-order valence-corrected chi connectivity index (χ3v) is 8.31. The van der Waals surface area contributed by atoms with E-state index < -0.39 is 21.9 Å². The average molecular weight is 471 g/mol. The smallest absolute Gasteiger partial charge is 0.341 e. The molecule has 0 aliphatic carbocycles. The van der Waals surface area contributed by atoms with E-state index in [4.69, 9.17) is 16.3 Å². The molecule has 0 unspecified atom stereocenters. The largest absolute Gasteiger partial charge is 0.462 e. The molecule has 1 N–H and O–H groups in total. The molecule has 10 heteroatoms. The monoisotopic (exact) mass is 470 g/mol. The van der Waals surface area contributed by atoms with Crippen LogP contribution in [-0.2, 0) is 21.2 Å². The molecule has 1 aliphatic rings. The molecule has 30 heavy (non-hydrogen) atoms. The Balaban J connectivity index is 1.90. The number of hydrogen-bond acceptors (Lipinski definition) is 6. The van der Waals surface area contributed by atoms with Gasteiger partial charge in [-0.15, -0.1) is 11.3 Å². The molecule has 0 bridgehead atoms. The van der Waals surface area contributed by atoms with Crippen LogP contribution in [0.15, 0.2) is 29.2 Å². The topological polar surface area (TPSA) is 92.8 Å². The molecule has 7 nitrogen and oxygen atoms in total. The maximum atomic E-state index is 12.9. The van der Waals surface area contributed by atoms with Gasteiger partial charge in [-0.1, -0.05) is 18.5 Å². The molecule has 1 saturated heterocycles. The van der Waals surface area contributed by atoms with E-state index in [1.54, 1.807) is 13.0 Å². The number of sulfonamides is 1. The van der Waals surface area contributed by atoms with Gasteiger partial charge in [0.15, 0.2) is 0 Å². The number of hydrogen-bond donors (Lipinski definition) is 1. The van der Waals surface area contributed by atoms with Gasteiger partial charge in [-0.05, 0) is 50.5 Å². The van der Waals surface area contributed by atoms with Crippen molar-refractivity contribution < 1.29 is 22.7 Å². The Hall–Kier alpha value is -1.94. The van der Waals surface area contributed by atoms with Crippen molar-refractivity contribution in [3.8, 4) is 0 Å². The van der Waals surface area contributed by atoms with Crippen LogP contribution in [0.1, 0.15) is 52.3 Å². The number of carbonyl (C=O) groups excluding carboxylic acids is 2. The zero-order valence-electron chi connectivity index (χ0n) is 16.7. The minimum Gasteiger partial charge on any atom is -0.462 e. The van der Waals surface area contributed by atoms with E-state index in [0.29, 0.717) is 24.5 Å². The Kier molecular flexibility index (Phi) is 7.18. The molecule has 0 saturated carbocycles. The van der Waals surface area contributed by atoms with Crippen LogP contribution in [0.25, 0.3) is 0 Å². The number of anilines is 1. The van der Waals surface area contributed by atoms with Gasteiger partial charge in [0.05, 0.1) is 17.2 Å².